The fourth-order valence-corrected chi connectivity index (χ4v) is 1.36. The van der Waals surface area contributed by atoms with Crippen molar-refractivity contribution in [3.05, 3.63) is 42.2 Å². The molecule has 0 fully saturated rings. The number of hydrogen-bond donors (Lipinski definition) is 1. The van der Waals surface area contributed by atoms with Gasteiger partial charge in [-0.2, -0.15) is 0 Å². The van der Waals surface area contributed by atoms with E-state index in [1.807, 2.05) is 14.1 Å². The second-order valence-electron chi connectivity index (χ2n) is 4.01. The van der Waals surface area contributed by atoms with Gasteiger partial charge in [0.2, 0.25) is 5.95 Å². The number of rotatable bonds is 3. The van der Waals surface area contributed by atoms with Crippen LogP contribution in [0, 0.1) is 5.82 Å². The van der Waals surface area contributed by atoms with Crippen LogP contribution in [-0.2, 0) is 0 Å². The quantitative estimate of drug-likeness (QED) is 0.902. The Kier molecular flexibility index (Phi) is 3.65. The summed E-state index contributed by atoms with van der Waals surface area (Å²) >= 11 is 0. The molecule has 0 radical (unpaired) electrons. The van der Waals surface area contributed by atoms with Gasteiger partial charge in [0.25, 0.3) is 5.91 Å². The first kappa shape index (κ1) is 12.9. The van der Waals surface area contributed by atoms with Gasteiger partial charge in [0.05, 0.1) is 29.8 Å². The van der Waals surface area contributed by atoms with Crippen molar-refractivity contribution in [3.63, 3.8) is 0 Å². The van der Waals surface area contributed by atoms with Crippen LogP contribution in [0.2, 0.25) is 0 Å². The van der Waals surface area contributed by atoms with Crippen molar-refractivity contribution in [2.45, 2.75) is 0 Å². The van der Waals surface area contributed by atoms with Crippen molar-refractivity contribution in [1.82, 2.24) is 15.0 Å². The van der Waals surface area contributed by atoms with Gasteiger partial charge in [0.15, 0.2) is 0 Å². The number of halogens is 1. The van der Waals surface area contributed by atoms with E-state index in [0.717, 1.165) is 12.3 Å². The van der Waals surface area contributed by atoms with E-state index in [0.29, 0.717) is 11.6 Å². The zero-order valence-electron chi connectivity index (χ0n) is 10.5. The minimum Gasteiger partial charge on any atom is -0.347 e. The van der Waals surface area contributed by atoms with Crippen LogP contribution in [-0.4, -0.2) is 35.0 Å². The Bertz CT molecular complexity index is 585. The molecule has 0 unspecified atom stereocenters. The highest BCUT2D eigenvalue weighted by Crippen LogP contribution is 2.10. The molecule has 0 aliphatic carbocycles. The molecule has 2 rings (SSSR count). The third-order valence-electron chi connectivity index (χ3n) is 2.26. The smallest absolute Gasteiger partial charge is 0.257 e. The van der Waals surface area contributed by atoms with Gasteiger partial charge in [-0.3, -0.25) is 9.78 Å². The molecule has 0 saturated carbocycles. The van der Waals surface area contributed by atoms with Gasteiger partial charge in [0.1, 0.15) is 5.82 Å². The number of amides is 1. The summed E-state index contributed by atoms with van der Waals surface area (Å²) in [5, 5.41) is 2.56. The van der Waals surface area contributed by atoms with Gasteiger partial charge < -0.3 is 10.2 Å². The summed E-state index contributed by atoms with van der Waals surface area (Å²) in [5.74, 6) is -0.495. The summed E-state index contributed by atoms with van der Waals surface area (Å²) in [6.45, 7) is 0. The fourth-order valence-electron chi connectivity index (χ4n) is 1.36. The van der Waals surface area contributed by atoms with Gasteiger partial charge in [-0.15, -0.1) is 0 Å². The van der Waals surface area contributed by atoms with Crippen LogP contribution in [0.3, 0.4) is 0 Å². The molecule has 0 atom stereocenters. The lowest BCUT2D eigenvalue weighted by molar-refractivity contribution is 0.102. The number of aromatic nitrogens is 3. The molecule has 1 N–H and O–H groups in total. The first-order chi connectivity index (χ1) is 9.06. The Hall–Kier alpha value is -2.57. The van der Waals surface area contributed by atoms with Gasteiger partial charge in [0, 0.05) is 20.3 Å². The highest BCUT2D eigenvalue weighted by atomic mass is 19.1. The molecule has 0 aromatic carbocycles. The Labute approximate surface area is 109 Å². The molecule has 2 aromatic rings. The van der Waals surface area contributed by atoms with Crippen LogP contribution in [0.15, 0.2) is 30.9 Å². The Morgan fingerprint density at radius 2 is 1.89 bits per heavy atom. The third kappa shape index (κ3) is 3.21. The predicted molar refractivity (Wildman–Crippen MR) is 68.5 cm³/mol. The van der Waals surface area contributed by atoms with Gasteiger partial charge in [-0.05, 0) is 6.07 Å². The number of anilines is 2. The van der Waals surface area contributed by atoms with E-state index < -0.39 is 11.7 Å². The van der Waals surface area contributed by atoms with E-state index in [1.54, 1.807) is 4.90 Å². The molecule has 98 valence electrons. The van der Waals surface area contributed by atoms with Crippen LogP contribution >= 0.6 is 0 Å². The Morgan fingerprint density at radius 1 is 1.21 bits per heavy atom. The van der Waals surface area contributed by atoms with Gasteiger partial charge in [-0.25, -0.2) is 14.4 Å². The summed E-state index contributed by atoms with van der Waals surface area (Å²) in [6.07, 6.45) is 5.28. The SMILES string of the molecule is CN(C)c1ncc(NC(=O)c2cncc(F)c2)cn1. The van der Waals surface area contributed by atoms with Crippen molar-refractivity contribution >= 4 is 17.5 Å². The lowest BCUT2D eigenvalue weighted by atomic mass is 10.2. The standard InChI is InChI=1S/C12H12FN5O/c1-18(2)12-15-6-10(7-16-12)17-11(19)8-3-9(13)5-14-4-8/h3-7H,1-2H3,(H,17,19). The van der Waals surface area contributed by atoms with Crippen LogP contribution in [0.25, 0.3) is 0 Å². The molecule has 0 aliphatic rings. The summed E-state index contributed by atoms with van der Waals surface area (Å²) in [5.41, 5.74) is 0.566. The molecule has 19 heavy (non-hydrogen) atoms. The lowest BCUT2D eigenvalue weighted by Gasteiger charge is -2.10. The maximum atomic E-state index is 12.9. The van der Waals surface area contributed by atoms with Crippen molar-refractivity contribution < 1.29 is 9.18 Å². The monoisotopic (exact) mass is 261 g/mol. The second kappa shape index (κ2) is 5.38. The van der Waals surface area contributed by atoms with E-state index in [2.05, 4.69) is 20.3 Å². The molecule has 0 bridgehead atoms. The molecule has 7 heteroatoms. The van der Waals surface area contributed by atoms with Gasteiger partial charge in [-0.1, -0.05) is 0 Å². The predicted octanol–water partition coefficient (Wildman–Crippen LogP) is 1.33. The van der Waals surface area contributed by atoms with Crippen LogP contribution in [0.4, 0.5) is 16.0 Å². The minimum absolute atomic E-state index is 0.136. The highest BCUT2D eigenvalue weighted by molar-refractivity contribution is 6.03. The third-order valence-corrected chi connectivity index (χ3v) is 2.26. The molecule has 0 saturated heterocycles. The van der Waals surface area contributed by atoms with Gasteiger partial charge >= 0.3 is 0 Å². The summed E-state index contributed by atoms with van der Waals surface area (Å²) in [4.78, 5) is 25.3. The van der Waals surface area contributed by atoms with Crippen LogP contribution in [0.1, 0.15) is 10.4 Å². The number of carbonyl (C=O) groups is 1. The van der Waals surface area contributed by atoms with E-state index >= 15 is 0 Å². The summed E-state index contributed by atoms with van der Waals surface area (Å²) in [6, 6.07) is 1.11. The largest absolute Gasteiger partial charge is 0.347 e. The number of hydrogen-bond acceptors (Lipinski definition) is 5. The number of nitrogens with zero attached hydrogens (tertiary/aromatic N) is 4. The molecule has 0 spiro atoms. The lowest BCUT2D eigenvalue weighted by Crippen LogP contribution is -2.15. The Balaban J connectivity index is 2.10. The zero-order chi connectivity index (χ0) is 13.8. The summed E-state index contributed by atoms with van der Waals surface area (Å²) < 4.78 is 12.9. The normalized spacial score (nSPS) is 10.1. The first-order valence-corrected chi connectivity index (χ1v) is 5.47. The molecule has 0 aliphatic heterocycles. The number of carbonyl (C=O) groups excluding carboxylic acids is 1. The maximum absolute atomic E-state index is 12.9. The van der Waals surface area contributed by atoms with E-state index in [9.17, 15) is 9.18 Å². The number of nitrogens with one attached hydrogen (secondary N) is 1. The number of pyridine rings is 1. The van der Waals surface area contributed by atoms with E-state index in [4.69, 9.17) is 0 Å². The Morgan fingerprint density at radius 3 is 2.47 bits per heavy atom. The average molecular weight is 261 g/mol. The molecule has 1 amide bonds. The van der Waals surface area contributed by atoms with E-state index in [-0.39, 0.29) is 5.56 Å². The van der Waals surface area contributed by atoms with Crippen molar-refractivity contribution in [1.29, 1.82) is 0 Å². The van der Waals surface area contributed by atoms with Crippen LogP contribution < -0.4 is 10.2 Å². The zero-order valence-corrected chi connectivity index (χ0v) is 10.5. The van der Waals surface area contributed by atoms with E-state index in [1.165, 1.54) is 18.6 Å². The topological polar surface area (TPSA) is 71.0 Å². The van der Waals surface area contributed by atoms with Crippen molar-refractivity contribution in [3.8, 4) is 0 Å². The summed E-state index contributed by atoms with van der Waals surface area (Å²) in [7, 11) is 3.62. The van der Waals surface area contributed by atoms with Crippen LogP contribution in [0.5, 0.6) is 0 Å². The van der Waals surface area contributed by atoms with Crippen molar-refractivity contribution in [2.75, 3.05) is 24.3 Å². The second-order valence-corrected chi connectivity index (χ2v) is 4.01. The maximum Gasteiger partial charge on any atom is 0.257 e. The van der Waals surface area contributed by atoms with Crippen molar-refractivity contribution in [2.24, 2.45) is 0 Å². The molecule has 2 aromatic heterocycles. The highest BCUT2D eigenvalue weighted by Gasteiger charge is 2.08. The minimum atomic E-state index is -0.563. The molecular weight excluding hydrogens is 249 g/mol. The molecule has 2 heterocycles. The first-order valence-electron chi connectivity index (χ1n) is 5.47. The molecular formula is C12H12FN5O. The fraction of sp³-hybridized carbons (Fsp3) is 0.167. The molecule has 6 nitrogen and oxygen atoms in total. The average Bonchev–Trinajstić information content (AvgIpc) is 2.39.